The van der Waals surface area contributed by atoms with E-state index in [1.807, 2.05) is 0 Å². The minimum Gasteiger partial charge on any atom is -0.486 e. The van der Waals surface area contributed by atoms with E-state index in [0.29, 0.717) is 0 Å². The zero-order chi connectivity index (χ0) is 15.3. The third-order valence-electron chi connectivity index (χ3n) is 2.19. The zero-order valence-corrected chi connectivity index (χ0v) is 11.2. The number of ether oxygens (including phenoxy) is 4. The molecule has 0 saturated heterocycles. The molecule has 0 aromatic heterocycles. The molecule has 0 spiro atoms. The van der Waals surface area contributed by atoms with Crippen LogP contribution in [0.25, 0.3) is 0 Å². The topological polar surface area (TPSA) is 105 Å². The quantitative estimate of drug-likeness (QED) is 0.519. The monoisotopic (exact) mass is 286 g/mol. The highest BCUT2D eigenvalue weighted by Gasteiger charge is 2.40. The van der Waals surface area contributed by atoms with Crippen LogP contribution in [0.2, 0.25) is 0 Å². The number of rotatable bonds is 4. The molecule has 0 aromatic rings. The summed E-state index contributed by atoms with van der Waals surface area (Å²) >= 11 is 0. The van der Waals surface area contributed by atoms with Gasteiger partial charge in [0.1, 0.15) is 12.9 Å². The Morgan fingerprint density at radius 1 is 1.15 bits per heavy atom. The first-order valence-corrected chi connectivity index (χ1v) is 5.70. The van der Waals surface area contributed by atoms with E-state index >= 15 is 0 Å². The summed E-state index contributed by atoms with van der Waals surface area (Å²) in [6, 6.07) is 0. The lowest BCUT2D eigenvalue weighted by molar-refractivity contribution is -0.169. The summed E-state index contributed by atoms with van der Waals surface area (Å²) in [5, 5.41) is 0. The molecule has 0 aromatic carbocycles. The fourth-order valence-corrected chi connectivity index (χ4v) is 1.45. The summed E-state index contributed by atoms with van der Waals surface area (Å²) in [6.07, 6.45) is -1.40. The predicted molar refractivity (Wildman–Crippen MR) is 61.9 cm³/mol. The van der Waals surface area contributed by atoms with Crippen molar-refractivity contribution < 1.29 is 38.1 Å². The average Bonchev–Trinajstić information content (AvgIpc) is 2.32. The Morgan fingerprint density at radius 3 is 2.30 bits per heavy atom. The highest BCUT2D eigenvalue weighted by Crippen LogP contribution is 2.19. The Labute approximate surface area is 114 Å². The molecule has 0 radical (unpaired) electrons. The molecule has 1 aliphatic heterocycles. The average molecular weight is 286 g/mol. The second kappa shape index (κ2) is 6.69. The largest absolute Gasteiger partial charge is 0.486 e. The van der Waals surface area contributed by atoms with E-state index in [1.165, 1.54) is 6.92 Å². The number of hydrogen-bond donors (Lipinski definition) is 0. The molecular weight excluding hydrogens is 272 g/mol. The van der Waals surface area contributed by atoms with Crippen LogP contribution in [-0.4, -0.2) is 42.5 Å². The highest BCUT2D eigenvalue weighted by molar-refractivity contribution is 6.00. The summed E-state index contributed by atoms with van der Waals surface area (Å²) in [7, 11) is 0. The van der Waals surface area contributed by atoms with Crippen LogP contribution in [0.3, 0.4) is 0 Å². The molecule has 1 heterocycles. The van der Waals surface area contributed by atoms with Crippen molar-refractivity contribution in [1.29, 1.82) is 0 Å². The van der Waals surface area contributed by atoms with E-state index in [0.717, 1.165) is 20.1 Å². The van der Waals surface area contributed by atoms with E-state index in [1.54, 1.807) is 0 Å². The zero-order valence-electron chi connectivity index (χ0n) is 11.2. The van der Waals surface area contributed by atoms with Gasteiger partial charge in [-0.05, 0) is 0 Å². The molecule has 110 valence electrons. The number of carbonyl (C=O) groups is 4. The van der Waals surface area contributed by atoms with Gasteiger partial charge in [-0.2, -0.15) is 0 Å². The van der Waals surface area contributed by atoms with Crippen LogP contribution in [-0.2, 0) is 38.1 Å². The van der Waals surface area contributed by atoms with Crippen molar-refractivity contribution in [2.75, 3.05) is 6.61 Å². The van der Waals surface area contributed by atoms with E-state index in [9.17, 15) is 19.2 Å². The number of hydrogen-bond acceptors (Lipinski definition) is 8. The molecule has 20 heavy (non-hydrogen) atoms. The van der Waals surface area contributed by atoms with Crippen LogP contribution in [0.15, 0.2) is 12.0 Å². The lowest BCUT2D eigenvalue weighted by atomic mass is 10.1. The Bertz CT molecular complexity index is 464. The minimum absolute atomic E-state index is 0.275. The van der Waals surface area contributed by atoms with Gasteiger partial charge in [0.2, 0.25) is 17.6 Å². The third-order valence-corrected chi connectivity index (χ3v) is 2.19. The van der Waals surface area contributed by atoms with Gasteiger partial charge in [-0.25, -0.2) is 0 Å². The summed E-state index contributed by atoms with van der Waals surface area (Å²) < 4.78 is 19.3. The van der Waals surface area contributed by atoms with Crippen molar-refractivity contribution in [2.24, 2.45) is 0 Å². The number of Topliss-reactive ketones (excluding diaryl/α,β-unsaturated/α-hetero) is 1. The van der Waals surface area contributed by atoms with Crippen LogP contribution >= 0.6 is 0 Å². The van der Waals surface area contributed by atoms with Gasteiger partial charge in [0.05, 0.1) is 0 Å². The summed E-state index contributed by atoms with van der Waals surface area (Å²) in [5.41, 5.74) is 0. The highest BCUT2D eigenvalue weighted by atomic mass is 16.6. The molecule has 2 atom stereocenters. The first-order valence-electron chi connectivity index (χ1n) is 5.70. The fourth-order valence-electron chi connectivity index (χ4n) is 1.45. The van der Waals surface area contributed by atoms with Gasteiger partial charge in [0.15, 0.2) is 6.10 Å². The number of carbonyl (C=O) groups excluding carboxylic acids is 4. The standard InChI is InChI=1S/C12H14O8/c1-6(13)17-5-10-12(20-8(3)15)11(16)9(4-18-10)19-7(2)14/h4,10,12H,5H2,1-3H3/t10-,12-/m1/s1. The van der Waals surface area contributed by atoms with Gasteiger partial charge in [0, 0.05) is 20.8 Å². The molecule has 0 unspecified atom stereocenters. The van der Waals surface area contributed by atoms with Gasteiger partial charge < -0.3 is 18.9 Å². The molecule has 0 saturated carbocycles. The maximum atomic E-state index is 12.0. The van der Waals surface area contributed by atoms with E-state index in [-0.39, 0.29) is 12.4 Å². The molecule has 0 N–H and O–H groups in total. The van der Waals surface area contributed by atoms with Crippen molar-refractivity contribution in [1.82, 2.24) is 0 Å². The second-order valence-corrected chi connectivity index (χ2v) is 3.95. The van der Waals surface area contributed by atoms with Crippen molar-refractivity contribution in [3.8, 4) is 0 Å². The maximum Gasteiger partial charge on any atom is 0.308 e. The Hall–Kier alpha value is -2.38. The van der Waals surface area contributed by atoms with Crippen molar-refractivity contribution >= 4 is 23.7 Å². The smallest absolute Gasteiger partial charge is 0.308 e. The summed E-state index contributed by atoms with van der Waals surface area (Å²) in [4.78, 5) is 44.6. The number of ketones is 1. The summed E-state index contributed by atoms with van der Waals surface area (Å²) in [6.45, 7) is 3.13. The van der Waals surface area contributed by atoms with E-state index in [4.69, 9.17) is 14.2 Å². The van der Waals surface area contributed by atoms with Crippen molar-refractivity contribution in [2.45, 2.75) is 33.0 Å². The Kier molecular flexibility index (Phi) is 5.24. The molecule has 8 nitrogen and oxygen atoms in total. The lowest BCUT2D eigenvalue weighted by Crippen LogP contribution is -2.45. The van der Waals surface area contributed by atoms with Crippen LogP contribution in [0.1, 0.15) is 20.8 Å². The minimum atomic E-state index is -1.34. The molecular formula is C12H14O8. The molecule has 0 amide bonds. The maximum absolute atomic E-state index is 12.0. The first-order chi connectivity index (χ1) is 9.31. The SMILES string of the molecule is CC(=O)OC[C@H]1OC=C(OC(C)=O)C(=O)[C@@H]1OC(C)=O. The predicted octanol–water partition coefficient (Wildman–Crippen LogP) is -0.146. The third kappa shape index (κ3) is 4.38. The van der Waals surface area contributed by atoms with Gasteiger partial charge in [0.25, 0.3) is 0 Å². The van der Waals surface area contributed by atoms with Crippen molar-refractivity contribution in [3.05, 3.63) is 12.0 Å². The van der Waals surface area contributed by atoms with Gasteiger partial charge in [-0.1, -0.05) is 0 Å². The molecule has 1 aliphatic rings. The van der Waals surface area contributed by atoms with E-state index in [2.05, 4.69) is 4.74 Å². The molecule has 1 rings (SSSR count). The Morgan fingerprint density at radius 2 is 1.80 bits per heavy atom. The van der Waals surface area contributed by atoms with Crippen LogP contribution in [0, 0.1) is 0 Å². The normalized spacial score (nSPS) is 21.4. The van der Waals surface area contributed by atoms with Gasteiger partial charge >= 0.3 is 17.9 Å². The van der Waals surface area contributed by atoms with Gasteiger partial charge in [-0.3, -0.25) is 19.2 Å². The van der Waals surface area contributed by atoms with Crippen LogP contribution in [0.5, 0.6) is 0 Å². The molecule has 8 heteroatoms. The summed E-state index contributed by atoms with van der Waals surface area (Å²) in [5.74, 6) is -3.11. The first kappa shape index (κ1) is 15.7. The fraction of sp³-hybridized carbons (Fsp3) is 0.500. The lowest BCUT2D eigenvalue weighted by Gasteiger charge is -2.28. The molecule has 0 fully saturated rings. The molecule has 0 aliphatic carbocycles. The van der Waals surface area contributed by atoms with Crippen LogP contribution < -0.4 is 0 Å². The van der Waals surface area contributed by atoms with Crippen molar-refractivity contribution in [3.63, 3.8) is 0 Å². The second-order valence-electron chi connectivity index (χ2n) is 3.95. The van der Waals surface area contributed by atoms with Crippen LogP contribution in [0.4, 0.5) is 0 Å². The Balaban J connectivity index is 2.86. The number of esters is 3. The van der Waals surface area contributed by atoms with E-state index < -0.39 is 35.9 Å². The molecule has 0 bridgehead atoms. The van der Waals surface area contributed by atoms with Gasteiger partial charge in [-0.15, -0.1) is 0 Å².